The van der Waals surface area contributed by atoms with Gasteiger partial charge in [0.25, 0.3) is 0 Å². The van der Waals surface area contributed by atoms with Crippen molar-refractivity contribution in [1.29, 1.82) is 0 Å². The van der Waals surface area contributed by atoms with E-state index in [1.54, 1.807) is 0 Å². The lowest BCUT2D eigenvalue weighted by molar-refractivity contribution is -0.144. The zero-order valence-corrected chi connectivity index (χ0v) is 13.4. The van der Waals surface area contributed by atoms with Gasteiger partial charge in [0.15, 0.2) is 0 Å². The topological polar surface area (TPSA) is 37.3 Å². The summed E-state index contributed by atoms with van der Waals surface area (Å²) in [6.07, 6.45) is -10.2. The molecule has 0 aromatic heterocycles. The van der Waals surface area contributed by atoms with E-state index in [1.807, 2.05) is 0 Å². The first kappa shape index (κ1) is 19.2. The van der Waals surface area contributed by atoms with Crippen LogP contribution < -0.4 is 0 Å². The van der Waals surface area contributed by atoms with Crippen LogP contribution in [-0.2, 0) is 17.1 Å². The molecule has 0 radical (unpaired) electrons. The Balaban J connectivity index is 2.66. The van der Waals surface area contributed by atoms with E-state index in [9.17, 15) is 36.2 Å². The second kappa shape index (κ2) is 5.42. The van der Waals surface area contributed by atoms with E-state index in [2.05, 4.69) is 0 Å². The molecule has 0 aliphatic heterocycles. The minimum absolute atomic E-state index is 0.0373. The van der Waals surface area contributed by atoms with Gasteiger partial charge in [-0.15, -0.1) is 0 Å². The van der Waals surface area contributed by atoms with Crippen LogP contribution in [0.2, 0.25) is 0 Å². The Bertz CT molecular complexity index is 651. The van der Waals surface area contributed by atoms with E-state index in [1.165, 1.54) is 6.92 Å². The van der Waals surface area contributed by atoms with Crippen LogP contribution in [0.15, 0.2) is 18.2 Å². The van der Waals surface area contributed by atoms with Crippen molar-refractivity contribution in [2.45, 2.75) is 35.9 Å². The van der Waals surface area contributed by atoms with Crippen LogP contribution in [0.3, 0.4) is 0 Å². The molecule has 0 bridgehead atoms. The number of rotatable bonds is 3. The summed E-state index contributed by atoms with van der Waals surface area (Å²) in [4.78, 5) is 11.5. The van der Waals surface area contributed by atoms with Crippen molar-refractivity contribution < 1.29 is 36.2 Å². The number of halogens is 8. The summed E-state index contributed by atoms with van der Waals surface area (Å²) < 4.78 is 75.4. The second-order valence-corrected chi connectivity index (χ2v) is 6.91. The Morgan fingerprint density at radius 2 is 1.50 bits per heavy atom. The van der Waals surface area contributed by atoms with Crippen molar-refractivity contribution in [1.82, 2.24) is 0 Å². The van der Waals surface area contributed by atoms with Crippen LogP contribution in [0, 0.1) is 5.41 Å². The quantitative estimate of drug-likeness (QED) is 0.544. The first-order valence-corrected chi connectivity index (χ1v) is 7.35. The number of carbonyl (C=O) groups is 1. The highest BCUT2D eigenvalue weighted by Crippen LogP contribution is 2.76. The number of benzene rings is 1. The van der Waals surface area contributed by atoms with Crippen molar-refractivity contribution in [2.75, 3.05) is 0 Å². The SMILES string of the molecule is CCC1(C(=O)O)C(c2cc(C(F)(F)F)cc(C(F)(F)F)c2)C1(Cl)Cl. The molecule has 2 nitrogen and oxygen atoms in total. The summed E-state index contributed by atoms with van der Waals surface area (Å²) in [6.45, 7) is 1.39. The monoisotopic (exact) mass is 394 g/mol. The highest BCUT2D eigenvalue weighted by Gasteiger charge is 2.80. The number of alkyl halides is 8. The van der Waals surface area contributed by atoms with Gasteiger partial charge in [0, 0.05) is 5.92 Å². The van der Waals surface area contributed by atoms with E-state index in [0.29, 0.717) is 12.1 Å². The fourth-order valence-corrected chi connectivity index (χ4v) is 4.12. The normalized spacial score (nSPS) is 26.3. The van der Waals surface area contributed by atoms with E-state index in [0.717, 1.165) is 0 Å². The maximum Gasteiger partial charge on any atom is 0.416 e. The first-order chi connectivity index (χ1) is 10.7. The summed E-state index contributed by atoms with van der Waals surface area (Å²) in [5.74, 6) is -2.87. The zero-order chi connectivity index (χ0) is 18.7. The maximum atomic E-state index is 12.9. The third kappa shape index (κ3) is 2.73. The van der Waals surface area contributed by atoms with Gasteiger partial charge in [-0.3, -0.25) is 4.79 Å². The fourth-order valence-electron chi connectivity index (χ4n) is 2.95. The van der Waals surface area contributed by atoms with Crippen molar-refractivity contribution >= 4 is 29.2 Å². The molecule has 0 saturated heterocycles. The maximum absolute atomic E-state index is 12.9. The number of hydrogen-bond donors (Lipinski definition) is 1. The standard InChI is InChI=1S/C14H10Cl2F6O2/c1-2-11(10(23)24)9(12(11,15)16)6-3-7(13(17,18)19)5-8(4-6)14(20,21)22/h3-5,9H,2H2,1H3,(H,23,24). The number of carboxylic acid groups (broad SMARTS) is 1. The average Bonchev–Trinajstić information content (AvgIpc) is 2.93. The molecule has 2 unspecified atom stereocenters. The van der Waals surface area contributed by atoms with Crippen molar-refractivity contribution in [2.24, 2.45) is 5.41 Å². The van der Waals surface area contributed by atoms with E-state index < -0.39 is 50.7 Å². The van der Waals surface area contributed by atoms with E-state index >= 15 is 0 Å². The van der Waals surface area contributed by atoms with Crippen LogP contribution in [-0.4, -0.2) is 15.4 Å². The molecule has 10 heteroatoms. The number of carboxylic acids is 1. The summed E-state index contributed by atoms with van der Waals surface area (Å²) in [5.41, 5.74) is -5.44. The van der Waals surface area contributed by atoms with Gasteiger partial charge in [0.05, 0.1) is 11.1 Å². The van der Waals surface area contributed by atoms with Gasteiger partial charge in [0.1, 0.15) is 9.75 Å². The minimum atomic E-state index is -5.04. The van der Waals surface area contributed by atoms with Gasteiger partial charge in [0.2, 0.25) is 0 Å². The Kier molecular flexibility index (Phi) is 4.33. The second-order valence-electron chi connectivity index (χ2n) is 5.53. The summed E-state index contributed by atoms with van der Waals surface area (Å²) >= 11 is 11.8. The van der Waals surface area contributed by atoms with Crippen molar-refractivity contribution in [3.8, 4) is 0 Å². The molecule has 1 aliphatic rings. The van der Waals surface area contributed by atoms with E-state index in [4.69, 9.17) is 23.2 Å². The van der Waals surface area contributed by atoms with Gasteiger partial charge in [-0.25, -0.2) is 0 Å². The van der Waals surface area contributed by atoms with Gasteiger partial charge >= 0.3 is 18.3 Å². The van der Waals surface area contributed by atoms with Gasteiger partial charge < -0.3 is 5.11 Å². The van der Waals surface area contributed by atoms with E-state index in [-0.39, 0.29) is 12.5 Å². The van der Waals surface area contributed by atoms with Crippen LogP contribution >= 0.6 is 23.2 Å². The Morgan fingerprint density at radius 3 is 1.75 bits per heavy atom. The highest BCUT2D eigenvalue weighted by molar-refractivity contribution is 6.54. The fraction of sp³-hybridized carbons (Fsp3) is 0.500. The van der Waals surface area contributed by atoms with Gasteiger partial charge in [-0.05, 0) is 30.2 Å². The number of aliphatic carboxylic acids is 1. The molecule has 0 spiro atoms. The first-order valence-electron chi connectivity index (χ1n) is 6.60. The molecule has 1 aromatic carbocycles. The van der Waals surface area contributed by atoms with Gasteiger partial charge in [-0.2, -0.15) is 26.3 Å². The highest BCUT2D eigenvalue weighted by atomic mass is 35.5. The molecule has 0 heterocycles. The predicted octanol–water partition coefficient (Wildman–Crippen LogP) is 5.48. The lowest BCUT2D eigenvalue weighted by Gasteiger charge is -2.15. The van der Waals surface area contributed by atoms with Crippen LogP contribution in [0.4, 0.5) is 26.3 Å². The summed E-state index contributed by atoms with van der Waals surface area (Å²) in [6, 6.07) is 0.879. The molecule has 1 aromatic rings. The molecule has 0 amide bonds. The molecular weight excluding hydrogens is 385 g/mol. The third-order valence-corrected chi connectivity index (χ3v) is 5.36. The summed E-state index contributed by atoms with van der Waals surface area (Å²) in [7, 11) is 0. The van der Waals surface area contributed by atoms with Crippen molar-refractivity contribution in [3.63, 3.8) is 0 Å². The molecule has 1 fully saturated rings. The van der Waals surface area contributed by atoms with Crippen LogP contribution in [0.25, 0.3) is 0 Å². The molecule has 2 rings (SSSR count). The molecule has 134 valence electrons. The smallest absolute Gasteiger partial charge is 0.416 e. The molecular formula is C14H10Cl2F6O2. The lowest BCUT2D eigenvalue weighted by Crippen LogP contribution is -2.21. The largest absolute Gasteiger partial charge is 0.481 e. The van der Waals surface area contributed by atoms with Crippen LogP contribution in [0.5, 0.6) is 0 Å². The average molecular weight is 395 g/mol. The number of hydrogen-bond acceptors (Lipinski definition) is 1. The lowest BCUT2D eigenvalue weighted by atomic mass is 9.94. The molecule has 1 saturated carbocycles. The molecule has 24 heavy (non-hydrogen) atoms. The Labute approximate surface area is 142 Å². The van der Waals surface area contributed by atoms with Crippen molar-refractivity contribution in [3.05, 3.63) is 34.9 Å². The molecule has 2 atom stereocenters. The zero-order valence-electron chi connectivity index (χ0n) is 11.9. The Hall–Kier alpha value is -1.15. The summed E-state index contributed by atoms with van der Waals surface area (Å²) in [5, 5.41) is 9.32. The molecule has 1 N–H and O–H groups in total. The van der Waals surface area contributed by atoms with Crippen LogP contribution in [0.1, 0.15) is 36.0 Å². The minimum Gasteiger partial charge on any atom is -0.481 e. The Morgan fingerprint density at radius 1 is 1.08 bits per heavy atom. The predicted molar refractivity (Wildman–Crippen MR) is 74.0 cm³/mol. The molecule has 1 aliphatic carbocycles. The third-order valence-electron chi connectivity index (χ3n) is 4.25. The van der Waals surface area contributed by atoms with Gasteiger partial charge in [-0.1, -0.05) is 30.1 Å².